The van der Waals surface area contributed by atoms with E-state index in [2.05, 4.69) is 108 Å². The Labute approximate surface area is 380 Å². The number of carbonyl (C=O) groups excluding carboxylic acids is 1. The van der Waals surface area contributed by atoms with Crippen LogP contribution in [0.2, 0.25) is 0 Å². The van der Waals surface area contributed by atoms with E-state index in [9.17, 15) is 28.9 Å². The number of nitrogens with zero attached hydrogens (tertiary/aromatic N) is 5. The lowest BCUT2D eigenvalue weighted by Crippen LogP contribution is -2.38. The van der Waals surface area contributed by atoms with Crippen molar-refractivity contribution >= 4 is 5.97 Å². The Morgan fingerprint density at radius 3 is 1.61 bits per heavy atom. The first-order valence-electron chi connectivity index (χ1n) is 25.1. The summed E-state index contributed by atoms with van der Waals surface area (Å²) in [7, 11) is 0. The molecule has 5 fully saturated rings. The molecule has 0 aromatic rings. The largest absolute Gasteiger partial charge is 0.461 e. The summed E-state index contributed by atoms with van der Waals surface area (Å²) >= 11 is 0. The Morgan fingerprint density at radius 2 is 1.06 bits per heavy atom. The summed E-state index contributed by atoms with van der Waals surface area (Å²) in [4.78, 5) is 22.5. The number of esters is 1. The van der Waals surface area contributed by atoms with Gasteiger partial charge in [0.05, 0.1) is 17.8 Å². The minimum Gasteiger partial charge on any atom is -0.461 e. The van der Waals surface area contributed by atoms with Crippen molar-refractivity contribution in [2.45, 2.75) is 240 Å². The van der Waals surface area contributed by atoms with Crippen LogP contribution in [0.15, 0.2) is 0 Å². The topological polar surface area (TPSA) is 103 Å². The van der Waals surface area contributed by atoms with Crippen molar-refractivity contribution in [2.75, 3.05) is 65.4 Å². The fourth-order valence-electron chi connectivity index (χ4n) is 8.95. The highest BCUT2D eigenvalue weighted by Gasteiger charge is 2.28. The molecule has 0 saturated carbocycles. The third-order valence-electron chi connectivity index (χ3n) is 13.4. The first-order valence-corrected chi connectivity index (χ1v) is 25.1. The fourth-order valence-corrected chi connectivity index (χ4v) is 8.95. The van der Waals surface area contributed by atoms with Gasteiger partial charge in [0.25, 0.3) is 0 Å². The molecule has 0 aliphatic carbocycles. The zero-order valence-electron chi connectivity index (χ0n) is 42.6. The second-order valence-electron chi connectivity index (χ2n) is 21.3. The Morgan fingerprint density at radius 1 is 0.565 bits per heavy atom. The lowest BCUT2D eigenvalue weighted by molar-refractivity contribution is -0.147. The second kappa shape index (κ2) is 31.1. The number of ether oxygens (including phenoxy) is 1. The van der Waals surface area contributed by atoms with Gasteiger partial charge in [0.1, 0.15) is 18.4 Å². The van der Waals surface area contributed by atoms with E-state index in [4.69, 9.17) is 4.74 Å². The van der Waals surface area contributed by atoms with Gasteiger partial charge >= 0.3 is 5.97 Å². The predicted molar refractivity (Wildman–Crippen MR) is 255 cm³/mol. The molecular formula is C50H101F2N5O5. The van der Waals surface area contributed by atoms with E-state index in [-0.39, 0.29) is 18.2 Å². The van der Waals surface area contributed by atoms with Crippen LogP contribution in [0.3, 0.4) is 0 Å². The summed E-state index contributed by atoms with van der Waals surface area (Å²) < 4.78 is 31.5. The zero-order chi connectivity index (χ0) is 47.2. The number of aliphatic hydroxyl groups excluding tert-OH is 2. The Bertz CT molecular complexity index is 1140. The van der Waals surface area contributed by atoms with E-state index in [0.717, 1.165) is 116 Å². The number of hydrogen-bond acceptors (Lipinski definition) is 10. The van der Waals surface area contributed by atoms with Crippen molar-refractivity contribution in [3.63, 3.8) is 0 Å². The summed E-state index contributed by atoms with van der Waals surface area (Å²) in [5, 5.41) is 28.7. The van der Waals surface area contributed by atoms with Gasteiger partial charge in [-0.25, -0.2) is 8.78 Å². The number of aliphatic hydroxyl groups is 3. The highest BCUT2D eigenvalue weighted by atomic mass is 19.1. The summed E-state index contributed by atoms with van der Waals surface area (Å²) in [6, 6.07) is 2.61. The molecule has 5 heterocycles. The lowest BCUT2D eigenvalue weighted by atomic mass is 9.98. The molecule has 12 heteroatoms. The van der Waals surface area contributed by atoms with Gasteiger partial charge in [0.2, 0.25) is 0 Å². The molecule has 0 radical (unpaired) electrons. The van der Waals surface area contributed by atoms with Gasteiger partial charge in [-0.05, 0) is 185 Å². The van der Waals surface area contributed by atoms with Crippen LogP contribution in [0.5, 0.6) is 0 Å². The van der Waals surface area contributed by atoms with Gasteiger partial charge in [-0.1, -0.05) is 13.8 Å². The quantitative estimate of drug-likeness (QED) is 0.225. The van der Waals surface area contributed by atoms with Crippen LogP contribution >= 0.6 is 0 Å². The first-order chi connectivity index (χ1) is 28.9. The number of β-amino-alcohol motifs (C(OH)–C–C–N with tert-alkyl or cyclic N) is 1. The van der Waals surface area contributed by atoms with Crippen LogP contribution in [0.25, 0.3) is 0 Å². The average molecular weight is 890 g/mol. The molecule has 5 rings (SSSR count). The normalized spacial score (nSPS) is 31.7. The van der Waals surface area contributed by atoms with E-state index in [1.54, 1.807) is 0 Å². The van der Waals surface area contributed by atoms with E-state index >= 15 is 0 Å². The van der Waals surface area contributed by atoms with Crippen molar-refractivity contribution in [1.29, 1.82) is 0 Å². The van der Waals surface area contributed by atoms with E-state index in [0.29, 0.717) is 55.6 Å². The third kappa shape index (κ3) is 26.2. The highest BCUT2D eigenvalue weighted by Crippen LogP contribution is 2.23. The maximum Gasteiger partial charge on any atom is 0.302 e. The van der Waals surface area contributed by atoms with Crippen LogP contribution in [0.4, 0.5) is 8.78 Å². The molecule has 0 aromatic heterocycles. The maximum atomic E-state index is 13.2. The van der Waals surface area contributed by atoms with Crippen molar-refractivity contribution in [2.24, 2.45) is 11.8 Å². The van der Waals surface area contributed by atoms with E-state index in [1.165, 1.54) is 19.8 Å². The van der Waals surface area contributed by atoms with Gasteiger partial charge < -0.3 is 25.0 Å². The average Bonchev–Trinajstić information content (AvgIpc) is 3.72. The van der Waals surface area contributed by atoms with Crippen molar-refractivity contribution in [1.82, 2.24) is 24.5 Å². The number of halogens is 2. The van der Waals surface area contributed by atoms with Crippen LogP contribution in [-0.4, -0.2) is 178 Å². The summed E-state index contributed by atoms with van der Waals surface area (Å²) in [6.45, 7) is 38.9. The Kier molecular flexibility index (Phi) is 29.6. The summed E-state index contributed by atoms with van der Waals surface area (Å²) in [6.07, 6.45) is 9.42. The number of carbonyl (C=O) groups is 1. The molecule has 0 bridgehead atoms. The molecule has 3 N–H and O–H groups in total. The van der Waals surface area contributed by atoms with Crippen LogP contribution in [0.1, 0.15) is 174 Å². The SMILES string of the molecule is CC(=O)OC1CCC(C)CN(C(C)C)C1.CC(C)N1CCCC(C)(O)CC1.CC(C)N1CCCC(O)C(F)C1.CC(C)N1CCCCC(F)C1.CC1CCC(O)CN(C(C)C)C1. The van der Waals surface area contributed by atoms with Gasteiger partial charge in [0, 0.05) is 82.9 Å². The van der Waals surface area contributed by atoms with Crippen molar-refractivity contribution in [3.05, 3.63) is 0 Å². The molecule has 5 saturated heterocycles. The van der Waals surface area contributed by atoms with Crippen LogP contribution in [-0.2, 0) is 9.53 Å². The number of likely N-dealkylation sites (tertiary alicyclic amines) is 5. The van der Waals surface area contributed by atoms with E-state index in [1.807, 2.05) is 6.92 Å². The molecule has 0 spiro atoms. The van der Waals surface area contributed by atoms with Gasteiger partial charge in [-0.15, -0.1) is 0 Å². The standard InChI is InChI=1S/C12H23NO2.2C10H21NO.C9H18FNO.C9H18FN/c1-9(2)13-7-10(3)5-6-12(8-13)15-11(4)14;1-8(2)11-6-9(3)4-5-10(12)7-11;1-9(2)11-7-4-5-10(3,12)6-8-11;1-7(2)11-5-3-4-9(12)8(10)6-11;1-8(2)11-6-4-3-5-9(10)7-11/h9-10,12H,5-8H2,1-4H3;8-10,12H,4-7H2,1-3H3;9,12H,4-8H2,1-3H3;7-9,12H,3-6H2,1-2H3;8-9H,3-7H2,1-2H3. The number of hydrogen-bond donors (Lipinski definition) is 3. The third-order valence-corrected chi connectivity index (χ3v) is 13.4. The smallest absolute Gasteiger partial charge is 0.302 e. The van der Waals surface area contributed by atoms with Gasteiger partial charge in [-0.3, -0.25) is 24.4 Å². The number of alkyl halides is 2. The molecule has 0 aromatic carbocycles. The Balaban J connectivity index is 0.000000389. The predicted octanol–water partition coefficient (Wildman–Crippen LogP) is 8.59. The highest BCUT2D eigenvalue weighted by molar-refractivity contribution is 5.66. The Hall–Kier alpha value is -0.990. The van der Waals surface area contributed by atoms with Crippen LogP contribution in [0, 0.1) is 11.8 Å². The van der Waals surface area contributed by atoms with E-state index < -0.39 is 24.0 Å². The van der Waals surface area contributed by atoms with Crippen LogP contribution < -0.4 is 0 Å². The zero-order valence-corrected chi connectivity index (χ0v) is 42.6. The fraction of sp³-hybridized carbons (Fsp3) is 0.980. The minimum absolute atomic E-state index is 0.0925. The first kappa shape index (κ1) is 59.0. The van der Waals surface area contributed by atoms with Crippen molar-refractivity contribution < 1.29 is 33.6 Å². The molecule has 8 unspecified atom stereocenters. The molecule has 5 aliphatic heterocycles. The second-order valence-corrected chi connectivity index (χ2v) is 21.3. The molecule has 370 valence electrons. The molecule has 10 nitrogen and oxygen atoms in total. The van der Waals surface area contributed by atoms with Crippen molar-refractivity contribution in [3.8, 4) is 0 Å². The maximum absolute atomic E-state index is 13.2. The molecule has 8 atom stereocenters. The lowest BCUT2D eigenvalue weighted by Gasteiger charge is -2.28. The summed E-state index contributed by atoms with van der Waals surface area (Å²) in [5.74, 6) is 1.29. The minimum atomic E-state index is -1.06. The monoisotopic (exact) mass is 890 g/mol. The van der Waals surface area contributed by atoms with Gasteiger partial charge in [-0.2, -0.15) is 0 Å². The summed E-state index contributed by atoms with van der Waals surface area (Å²) in [5.41, 5.74) is -0.413. The molecule has 5 aliphatic rings. The molecule has 0 amide bonds. The number of rotatable bonds is 6. The molecular weight excluding hydrogens is 789 g/mol. The van der Waals surface area contributed by atoms with Gasteiger partial charge in [0.15, 0.2) is 0 Å². The molecule has 62 heavy (non-hydrogen) atoms.